The Morgan fingerprint density at radius 1 is 1.73 bits per heavy atom. The molecule has 1 atom stereocenters. The minimum absolute atomic E-state index is 0.0989. The van der Waals surface area contributed by atoms with E-state index in [2.05, 4.69) is 0 Å². The van der Waals surface area contributed by atoms with Gasteiger partial charge in [0.2, 0.25) is 0 Å². The summed E-state index contributed by atoms with van der Waals surface area (Å²) in [4.78, 5) is 10.7. The van der Waals surface area contributed by atoms with Crippen LogP contribution in [0, 0.1) is 11.3 Å². The van der Waals surface area contributed by atoms with Crippen molar-refractivity contribution in [2.45, 2.75) is 20.3 Å². The van der Waals surface area contributed by atoms with Gasteiger partial charge < -0.3 is 5.73 Å². The third-order valence-corrected chi connectivity index (χ3v) is 2.25. The number of thioether (sulfide) groups is 1. The average molecular weight is 174 g/mol. The molecule has 3 nitrogen and oxygen atoms in total. The first-order valence-corrected chi connectivity index (χ1v) is 4.50. The number of amidine groups is 1. The number of carbonyl (C=O) groups excluding carboxylic acids is 1. The molecule has 0 radical (unpaired) electrons. The zero-order valence-corrected chi connectivity index (χ0v) is 7.70. The summed E-state index contributed by atoms with van der Waals surface area (Å²) < 4.78 is 0. The van der Waals surface area contributed by atoms with Crippen LogP contribution in [0.4, 0.5) is 0 Å². The van der Waals surface area contributed by atoms with Crippen LogP contribution in [0.25, 0.3) is 0 Å². The fourth-order valence-electron chi connectivity index (χ4n) is 0.549. The molecule has 3 N–H and O–H groups in total. The highest BCUT2D eigenvalue weighted by atomic mass is 32.2. The molecule has 0 saturated heterocycles. The zero-order chi connectivity index (χ0) is 8.85. The van der Waals surface area contributed by atoms with Gasteiger partial charge >= 0.3 is 0 Å². The molecule has 0 heterocycles. The summed E-state index contributed by atoms with van der Waals surface area (Å²) in [5, 5.41) is 7.03. The fourth-order valence-corrected chi connectivity index (χ4v) is 1.24. The maximum atomic E-state index is 10.7. The van der Waals surface area contributed by atoms with Gasteiger partial charge in [0.25, 0.3) is 0 Å². The lowest BCUT2D eigenvalue weighted by atomic mass is 10.1. The number of hydrogen-bond acceptors (Lipinski definition) is 3. The van der Waals surface area contributed by atoms with Gasteiger partial charge in [0.05, 0.1) is 0 Å². The van der Waals surface area contributed by atoms with E-state index in [1.165, 1.54) is 11.8 Å². The molecule has 1 unspecified atom stereocenters. The predicted molar refractivity (Wildman–Crippen MR) is 48.8 cm³/mol. The van der Waals surface area contributed by atoms with Crippen molar-refractivity contribution < 1.29 is 4.79 Å². The van der Waals surface area contributed by atoms with Crippen LogP contribution in [0.15, 0.2) is 0 Å². The number of nitrogens with two attached hydrogens (primary N) is 1. The van der Waals surface area contributed by atoms with Crippen molar-refractivity contribution >= 4 is 22.7 Å². The average Bonchev–Trinajstić information content (AvgIpc) is 1.86. The first-order valence-electron chi connectivity index (χ1n) is 3.51. The van der Waals surface area contributed by atoms with Gasteiger partial charge in [-0.2, -0.15) is 0 Å². The predicted octanol–water partition coefficient (Wildman–Crippen LogP) is 1.23. The third kappa shape index (κ3) is 5.91. The van der Waals surface area contributed by atoms with Gasteiger partial charge in [-0.05, 0) is 13.3 Å². The van der Waals surface area contributed by atoms with Crippen LogP contribution in [0.2, 0.25) is 0 Å². The topological polar surface area (TPSA) is 66.9 Å². The number of rotatable bonds is 4. The molecule has 0 amide bonds. The first-order chi connectivity index (χ1) is 5.04. The van der Waals surface area contributed by atoms with Crippen molar-refractivity contribution in [3.63, 3.8) is 0 Å². The highest BCUT2D eigenvalue weighted by Crippen LogP contribution is 2.09. The van der Waals surface area contributed by atoms with Crippen molar-refractivity contribution in [2.75, 3.05) is 5.75 Å². The van der Waals surface area contributed by atoms with Crippen LogP contribution in [0.3, 0.4) is 0 Å². The Balaban J connectivity index is 3.39. The second-order valence-corrected chi connectivity index (χ2v) is 3.65. The van der Waals surface area contributed by atoms with E-state index >= 15 is 0 Å². The van der Waals surface area contributed by atoms with Gasteiger partial charge in [0.1, 0.15) is 5.78 Å². The summed E-state index contributed by atoms with van der Waals surface area (Å²) >= 11 is 1.29. The molecule has 0 aromatic carbocycles. The highest BCUT2D eigenvalue weighted by Gasteiger charge is 2.06. The van der Waals surface area contributed by atoms with Crippen LogP contribution in [-0.2, 0) is 4.79 Å². The second kappa shape index (κ2) is 5.18. The van der Waals surface area contributed by atoms with Gasteiger partial charge in [-0.15, -0.1) is 0 Å². The van der Waals surface area contributed by atoms with E-state index in [4.69, 9.17) is 11.1 Å². The van der Waals surface area contributed by atoms with Crippen molar-refractivity contribution in [3.8, 4) is 0 Å². The molecule has 0 aliphatic heterocycles. The fraction of sp³-hybridized carbons (Fsp3) is 0.714. The smallest absolute Gasteiger partial charge is 0.151 e. The van der Waals surface area contributed by atoms with E-state index in [1.54, 1.807) is 6.92 Å². The monoisotopic (exact) mass is 174 g/mol. The SMILES string of the molecule is CC(=O)C(C)CCSC(=N)N. The second-order valence-electron chi connectivity index (χ2n) is 2.51. The lowest BCUT2D eigenvalue weighted by Crippen LogP contribution is -2.10. The Morgan fingerprint density at radius 2 is 2.27 bits per heavy atom. The molecular formula is C7H14N2OS. The lowest BCUT2D eigenvalue weighted by molar-refractivity contribution is -0.120. The number of carbonyl (C=O) groups is 1. The van der Waals surface area contributed by atoms with Gasteiger partial charge in [-0.25, -0.2) is 0 Å². The summed E-state index contributed by atoms with van der Waals surface area (Å²) in [5.41, 5.74) is 5.12. The molecule has 0 aromatic heterocycles. The largest absolute Gasteiger partial charge is 0.379 e. The van der Waals surface area contributed by atoms with Crippen LogP contribution < -0.4 is 5.73 Å². The molecular weight excluding hydrogens is 160 g/mol. The highest BCUT2D eigenvalue weighted by molar-refractivity contribution is 8.13. The Hall–Kier alpha value is -0.510. The summed E-state index contributed by atoms with van der Waals surface area (Å²) in [6.07, 6.45) is 0.805. The summed E-state index contributed by atoms with van der Waals surface area (Å²) in [6.45, 7) is 3.48. The standard InChI is InChI=1S/C7H14N2OS/c1-5(6(2)10)3-4-11-7(8)9/h5H,3-4H2,1-2H3,(H3,8,9). The van der Waals surface area contributed by atoms with Crippen LogP contribution in [-0.4, -0.2) is 16.7 Å². The maximum Gasteiger partial charge on any atom is 0.151 e. The molecule has 0 aliphatic carbocycles. The van der Waals surface area contributed by atoms with Crippen molar-refractivity contribution in [2.24, 2.45) is 11.7 Å². The Bertz CT molecular complexity index is 159. The summed E-state index contributed by atoms with van der Waals surface area (Å²) in [7, 11) is 0. The van der Waals surface area contributed by atoms with Crippen molar-refractivity contribution in [1.82, 2.24) is 0 Å². The van der Waals surface area contributed by atoms with Crippen LogP contribution in [0.1, 0.15) is 20.3 Å². The number of nitrogens with one attached hydrogen (secondary N) is 1. The quantitative estimate of drug-likeness (QED) is 0.497. The molecule has 4 heteroatoms. The van der Waals surface area contributed by atoms with Crippen molar-refractivity contribution in [3.05, 3.63) is 0 Å². The van der Waals surface area contributed by atoms with Gasteiger partial charge in [0.15, 0.2) is 5.17 Å². The minimum Gasteiger partial charge on any atom is -0.379 e. The van der Waals surface area contributed by atoms with Gasteiger partial charge in [-0.3, -0.25) is 10.2 Å². The van der Waals surface area contributed by atoms with E-state index in [0.29, 0.717) is 0 Å². The van der Waals surface area contributed by atoms with E-state index in [-0.39, 0.29) is 16.9 Å². The summed E-state index contributed by atoms with van der Waals surface area (Å²) in [5.74, 6) is 1.06. The molecule has 0 aromatic rings. The third-order valence-electron chi connectivity index (χ3n) is 1.50. The Morgan fingerprint density at radius 3 is 2.64 bits per heavy atom. The molecule has 0 saturated carbocycles. The minimum atomic E-state index is 0.0989. The number of Topliss-reactive ketones (excluding diaryl/α,β-unsaturated/α-hetero) is 1. The molecule has 0 fully saturated rings. The van der Waals surface area contributed by atoms with Crippen molar-refractivity contribution in [1.29, 1.82) is 5.41 Å². The van der Waals surface area contributed by atoms with E-state index in [1.807, 2.05) is 6.92 Å². The van der Waals surface area contributed by atoms with Gasteiger partial charge in [0, 0.05) is 11.7 Å². The van der Waals surface area contributed by atoms with E-state index in [0.717, 1.165) is 12.2 Å². The maximum absolute atomic E-state index is 10.7. The van der Waals surface area contributed by atoms with Crippen LogP contribution in [0.5, 0.6) is 0 Å². The molecule has 0 spiro atoms. The Kier molecular flexibility index (Phi) is 4.94. The molecule has 0 aliphatic rings. The van der Waals surface area contributed by atoms with E-state index < -0.39 is 0 Å². The number of ketones is 1. The van der Waals surface area contributed by atoms with E-state index in [9.17, 15) is 4.79 Å². The molecule has 0 bridgehead atoms. The molecule has 11 heavy (non-hydrogen) atoms. The van der Waals surface area contributed by atoms with Crippen LogP contribution >= 0.6 is 11.8 Å². The molecule has 0 rings (SSSR count). The Labute approximate surface area is 71.2 Å². The van der Waals surface area contributed by atoms with Gasteiger partial charge in [-0.1, -0.05) is 18.7 Å². The normalized spacial score (nSPS) is 12.5. The first kappa shape index (κ1) is 10.5. The summed E-state index contributed by atoms with van der Waals surface area (Å²) in [6, 6.07) is 0. The zero-order valence-electron chi connectivity index (χ0n) is 6.89. The molecule has 64 valence electrons. The number of hydrogen-bond donors (Lipinski definition) is 2. The lowest BCUT2D eigenvalue weighted by Gasteiger charge is -2.04.